The maximum absolute atomic E-state index is 8.81. The third-order valence-corrected chi connectivity index (χ3v) is 1.76. The Morgan fingerprint density at radius 3 is 2.86 bits per heavy atom. The lowest BCUT2D eigenvalue weighted by molar-refractivity contribution is 1.00. The number of terminal acetylenes is 1. The molecule has 0 radical (unpaired) electrons. The minimum absolute atomic E-state index is 0.128. The average Bonchev–Trinajstić information content (AvgIpc) is 2.18. The number of nitrogens with one attached hydrogen (secondary N) is 1. The smallest absolute Gasteiger partial charge is 0.145 e. The van der Waals surface area contributed by atoms with Crippen LogP contribution >= 0.6 is 0 Å². The number of nitrogens with zero attached hydrogens (tertiary/aromatic N) is 2. The highest BCUT2D eigenvalue weighted by atomic mass is 15.0. The molecule has 3 heteroatoms. The van der Waals surface area contributed by atoms with E-state index < -0.39 is 0 Å². The number of rotatable bonds is 2. The molecule has 1 aromatic heterocycles. The van der Waals surface area contributed by atoms with Crippen LogP contribution in [0.4, 0.5) is 5.82 Å². The summed E-state index contributed by atoms with van der Waals surface area (Å²) in [6.45, 7) is 3.71. The third kappa shape index (κ3) is 2.24. The first-order valence-electron chi connectivity index (χ1n) is 4.27. The van der Waals surface area contributed by atoms with Crippen LogP contribution in [-0.4, -0.2) is 11.0 Å². The fraction of sp³-hybridized carbons (Fsp3) is 0.273. The molecule has 0 aromatic carbocycles. The molecule has 0 aliphatic rings. The monoisotopic (exact) mass is 185 g/mol. The molecular weight excluding hydrogens is 174 g/mol. The van der Waals surface area contributed by atoms with E-state index in [-0.39, 0.29) is 6.04 Å². The fourth-order valence-corrected chi connectivity index (χ4v) is 1.00. The molecule has 1 rings (SSSR count). The number of aryl methyl sites for hydroxylation is 1. The molecule has 0 aliphatic heterocycles. The molecule has 1 heterocycles. The third-order valence-electron chi connectivity index (χ3n) is 1.76. The van der Waals surface area contributed by atoms with Crippen molar-refractivity contribution in [3.63, 3.8) is 0 Å². The SMILES string of the molecule is C#CC(C)Nc1nc(C)ccc1C#N. The van der Waals surface area contributed by atoms with E-state index in [0.29, 0.717) is 11.4 Å². The van der Waals surface area contributed by atoms with Crippen LogP contribution in [0.15, 0.2) is 12.1 Å². The molecule has 70 valence electrons. The lowest BCUT2D eigenvalue weighted by Gasteiger charge is -2.09. The first-order chi connectivity index (χ1) is 6.67. The topological polar surface area (TPSA) is 48.7 Å². The van der Waals surface area contributed by atoms with Gasteiger partial charge in [-0.3, -0.25) is 0 Å². The maximum atomic E-state index is 8.81. The summed E-state index contributed by atoms with van der Waals surface area (Å²) in [5, 5.41) is 11.8. The van der Waals surface area contributed by atoms with Crippen LogP contribution in [0.1, 0.15) is 18.2 Å². The lowest BCUT2D eigenvalue weighted by atomic mass is 10.2. The van der Waals surface area contributed by atoms with Crippen LogP contribution < -0.4 is 5.32 Å². The van der Waals surface area contributed by atoms with Gasteiger partial charge in [-0.05, 0) is 26.0 Å². The van der Waals surface area contributed by atoms with Crippen LogP contribution in [0.25, 0.3) is 0 Å². The van der Waals surface area contributed by atoms with Crippen LogP contribution in [0.2, 0.25) is 0 Å². The van der Waals surface area contributed by atoms with Gasteiger partial charge >= 0.3 is 0 Å². The van der Waals surface area contributed by atoms with Gasteiger partial charge in [-0.1, -0.05) is 5.92 Å². The van der Waals surface area contributed by atoms with Crippen molar-refractivity contribution in [2.45, 2.75) is 19.9 Å². The zero-order valence-electron chi connectivity index (χ0n) is 8.20. The van der Waals surface area contributed by atoms with Crippen LogP contribution in [0.3, 0.4) is 0 Å². The van der Waals surface area contributed by atoms with Gasteiger partial charge < -0.3 is 5.32 Å². The van der Waals surface area contributed by atoms with Crippen molar-refractivity contribution in [2.24, 2.45) is 0 Å². The predicted octanol–water partition coefficient (Wildman–Crippen LogP) is 1.70. The summed E-state index contributed by atoms with van der Waals surface area (Å²) in [4.78, 5) is 4.20. The average molecular weight is 185 g/mol. The van der Waals surface area contributed by atoms with Gasteiger partial charge in [0.15, 0.2) is 0 Å². The van der Waals surface area contributed by atoms with Crippen LogP contribution in [0.5, 0.6) is 0 Å². The Labute approximate surface area is 83.8 Å². The van der Waals surface area contributed by atoms with Gasteiger partial charge in [-0.2, -0.15) is 5.26 Å². The summed E-state index contributed by atoms with van der Waals surface area (Å²) < 4.78 is 0. The van der Waals surface area contributed by atoms with Crippen molar-refractivity contribution < 1.29 is 0 Å². The summed E-state index contributed by atoms with van der Waals surface area (Å²) in [5.74, 6) is 3.08. The number of nitriles is 1. The number of hydrogen-bond donors (Lipinski definition) is 1. The lowest BCUT2D eigenvalue weighted by Crippen LogP contribution is -2.14. The van der Waals surface area contributed by atoms with Gasteiger partial charge in [0.05, 0.1) is 11.6 Å². The molecule has 0 spiro atoms. The normalized spacial score (nSPS) is 11.1. The number of aromatic nitrogens is 1. The van der Waals surface area contributed by atoms with Crippen LogP contribution in [0, 0.1) is 30.6 Å². The van der Waals surface area contributed by atoms with E-state index >= 15 is 0 Å². The minimum atomic E-state index is -0.128. The van der Waals surface area contributed by atoms with Crippen molar-refractivity contribution in [1.82, 2.24) is 4.98 Å². The first-order valence-corrected chi connectivity index (χ1v) is 4.27. The molecular formula is C11H11N3. The van der Waals surface area contributed by atoms with E-state index in [1.165, 1.54) is 0 Å². The Balaban J connectivity index is 3.02. The largest absolute Gasteiger partial charge is 0.356 e. The van der Waals surface area contributed by atoms with Crippen molar-refractivity contribution in [2.75, 3.05) is 5.32 Å². The fourth-order valence-electron chi connectivity index (χ4n) is 1.00. The molecule has 14 heavy (non-hydrogen) atoms. The molecule has 0 saturated carbocycles. The summed E-state index contributed by atoms with van der Waals surface area (Å²) in [6, 6.07) is 5.46. The second-order valence-electron chi connectivity index (χ2n) is 2.99. The maximum Gasteiger partial charge on any atom is 0.145 e. The van der Waals surface area contributed by atoms with E-state index in [1.807, 2.05) is 13.8 Å². The van der Waals surface area contributed by atoms with E-state index in [9.17, 15) is 0 Å². The molecule has 0 saturated heterocycles. The van der Waals surface area contributed by atoms with Crippen molar-refractivity contribution >= 4 is 5.82 Å². The van der Waals surface area contributed by atoms with Crippen molar-refractivity contribution in [1.29, 1.82) is 5.26 Å². The van der Waals surface area contributed by atoms with E-state index in [1.54, 1.807) is 12.1 Å². The van der Waals surface area contributed by atoms with Gasteiger partial charge in [-0.25, -0.2) is 4.98 Å². The molecule has 1 N–H and O–H groups in total. The van der Waals surface area contributed by atoms with Gasteiger partial charge in [0.25, 0.3) is 0 Å². The van der Waals surface area contributed by atoms with E-state index in [4.69, 9.17) is 11.7 Å². The first kappa shape index (κ1) is 10.1. The van der Waals surface area contributed by atoms with Crippen molar-refractivity contribution in [3.8, 4) is 18.4 Å². The highest BCUT2D eigenvalue weighted by molar-refractivity contribution is 5.53. The number of pyridine rings is 1. The zero-order valence-corrected chi connectivity index (χ0v) is 8.20. The minimum Gasteiger partial charge on any atom is -0.356 e. The quantitative estimate of drug-likeness (QED) is 0.713. The highest BCUT2D eigenvalue weighted by Crippen LogP contribution is 2.12. The van der Waals surface area contributed by atoms with Gasteiger partial charge in [0, 0.05) is 5.69 Å². The molecule has 0 fully saturated rings. The second kappa shape index (κ2) is 4.30. The number of anilines is 1. The van der Waals surface area contributed by atoms with Crippen molar-refractivity contribution in [3.05, 3.63) is 23.4 Å². The molecule has 0 amide bonds. The summed E-state index contributed by atoms with van der Waals surface area (Å²) >= 11 is 0. The van der Waals surface area contributed by atoms with Crippen LogP contribution in [-0.2, 0) is 0 Å². The summed E-state index contributed by atoms with van der Waals surface area (Å²) in [7, 11) is 0. The van der Waals surface area contributed by atoms with E-state index in [2.05, 4.69) is 22.3 Å². The Morgan fingerprint density at radius 2 is 2.29 bits per heavy atom. The standard InChI is InChI=1S/C11H11N3/c1-4-8(2)13-11-10(7-12)6-5-9(3)14-11/h1,5-6,8H,2-3H3,(H,13,14). The Hall–Kier alpha value is -2.00. The Bertz CT molecular complexity index is 410. The van der Waals surface area contributed by atoms with Gasteiger partial charge in [0.1, 0.15) is 11.9 Å². The molecule has 3 nitrogen and oxygen atoms in total. The summed E-state index contributed by atoms with van der Waals surface area (Å²) in [5.41, 5.74) is 1.37. The van der Waals surface area contributed by atoms with E-state index in [0.717, 1.165) is 5.69 Å². The second-order valence-corrected chi connectivity index (χ2v) is 2.99. The Kier molecular flexibility index (Phi) is 3.09. The Morgan fingerprint density at radius 1 is 1.57 bits per heavy atom. The van der Waals surface area contributed by atoms with Gasteiger partial charge in [-0.15, -0.1) is 6.42 Å². The molecule has 1 aromatic rings. The number of hydrogen-bond acceptors (Lipinski definition) is 3. The molecule has 0 aliphatic carbocycles. The highest BCUT2D eigenvalue weighted by Gasteiger charge is 2.05. The predicted molar refractivity (Wildman–Crippen MR) is 55.6 cm³/mol. The van der Waals surface area contributed by atoms with Gasteiger partial charge in [0.2, 0.25) is 0 Å². The summed E-state index contributed by atoms with van der Waals surface area (Å²) in [6.07, 6.45) is 5.23. The molecule has 0 bridgehead atoms. The molecule has 1 unspecified atom stereocenters. The zero-order chi connectivity index (χ0) is 10.6. The molecule has 1 atom stereocenters.